The third-order valence-electron chi connectivity index (χ3n) is 9.43. The van der Waals surface area contributed by atoms with E-state index in [1.165, 1.54) is 89.3 Å². The first-order chi connectivity index (χ1) is 24.0. The van der Waals surface area contributed by atoms with Crippen molar-refractivity contribution < 1.29 is 4.39 Å². The second kappa shape index (κ2) is 16.4. The van der Waals surface area contributed by atoms with Crippen LogP contribution in [-0.2, 0) is 12.8 Å². The highest BCUT2D eigenvalue weighted by Gasteiger charge is 2.19. The van der Waals surface area contributed by atoms with Crippen molar-refractivity contribution in [1.29, 1.82) is 0 Å². The Morgan fingerprint density at radius 3 is 1.69 bits per heavy atom. The maximum Gasteiger partial charge on any atom is 0.123 e. The smallest absolute Gasteiger partial charge is 0.123 e. The Balaban J connectivity index is 0.000000174. The zero-order valence-corrected chi connectivity index (χ0v) is 30.2. The Labute approximate surface area is 293 Å². The van der Waals surface area contributed by atoms with Crippen molar-refractivity contribution >= 4 is 33.7 Å². The molecule has 6 aromatic rings. The van der Waals surface area contributed by atoms with Crippen LogP contribution in [0.3, 0.4) is 0 Å². The lowest BCUT2D eigenvalue weighted by Crippen LogP contribution is -2.02. The quantitative estimate of drug-likeness (QED) is 0.176. The minimum absolute atomic E-state index is 0.200. The van der Waals surface area contributed by atoms with Gasteiger partial charge in [0, 0.05) is 0 Å². The molecule has 2 aliphatic rings. The van der Waals surface area contributed by atoms with Crippen LogP contribution in [0.15, 0.2) is 121 Å². The van der Waals surface area contributed by atoms with Crippen LogP contribution in [0.2, 0.25) is 0 Å². The predicted molar refractivity (Wildman–Crippen MR) is 215 cm³/mol. The molecule has 0 aliphatic heterocycles. The summed E-state index contributed by atoms with van der Waals surface area (Å²) in [6.07, 6.45) is 16.4. The van der Waals surface area contributed by atoms with Crippen molar-refractivity contribution in [2.24, 2.45) is 0 Å². The Morgan fingerprint density at radius 2 is 1.04 bits per heavy atom. The molecule has 6 aromatic carbocycles. The van der Waals surface area contributed by atoms with Gasteiger partial charge >= 0.3 is 0 Å². The van der Waals surface area contributed by atoms with E-state index in [-0.39, 0.29) is 5.82 Å². The van der Waals surface area contributed by atoms with Crippen LogP contribution < -0.4 is 0 Å². The molecule has 0 atom stereocenters. The number of rotatable bonds is 2. The molecule has 0 saturated heterocycles. The zero-order chi connectivity index (χ0) is 34.9. The third kappa shape index (κ3) is 7.22. The molecule has 8 rings (SSSR count). The molecule has 0 saturated carbocycles. The maximum atomic E-state index is 13.4. The summed E-state index contributed by atoms with van der Waals surface area (Å²) in [7, 11) is 0. The van der Waals surface area contributed by atoms with E-state index < -0.39 is 0 Å². The van der Waals surface area contributed by atoms with Crippen LogP contribution in [-0.4, -0.2) is 0 Å². The monoisotopic (exact) mass is 644 g/mol. The van der Waals surface area contributed by atoms with Gasteiger partial charge in [0.1, 0.15) is 5.82 Å². The first-order valence-corrected chi connectivity index (χ1v) is 17.9. The molecular formula is C48H49F. The molecule has 0 unspecified atom stereocenters. The van der Waals surface area contributed by atoms with Crippen LogP contribution in [0.25, 0.3) is 56.0 Å². The van der Waals surface area contributed by atoms with Crippen molar-refractivity contribution in [2.75, 3.05) is 0 Å². The van der Waals surface area contributed by atoms with Gasteiger partial charge in [0.15, 0.2) is 0 Å². The Bertz CT molecular complexity index is 2140. The molecule has 248 valence electrons. The molecule has 0 aromatic heterocycles. The first kappa shape index (κ1) is 35.3. The van der Waals surface area contributed by atoms with Gasteiger partial charge in [-0.15, -0.1) is 0 Å². The minimum Gasteiger partial charge on any atom is -0.207 e. The summed E-state index contributed by atoms with van der Waals surface area (Å²) < 4.78 is 13.4. The maximum absolute atomic E-state index is 13.4. The van der Waals surface area contributed by atoms with Crippen molar-refractivity contribution in [3.8, 4) is 22.3 Å². The Kier molecular flexibility index (Phi) is 11.8. The van der Waals surface area contributed by atoms with Crippen molar-refractivity contribution in [3.63, 3.8) is 0 Å². The van der Waals surface area contributed by atoms with E-state index in [9.17, 15) is 4.39 Å². The molecule has 0 spiro atoms. The summed E-state index contributed by atoms with van der Waals surface area (Å²) >= 11 is 0. The number of hydrogen-bond donors (Lipinski definition) is 0. The van der Waals surface area contributed by atoms with Crippen LogP contribution in [0, 0.1) is 26.6 Å². The number of hydrogen-bond acceptors (Lipinski definition) is 0. The van der Waals surface area contributed by atoms with Crippen LogP contribution in [0.1, 0.15) is 73.1 Å². The topological polar surface area (TPSA) is 0 Å². The summed E-state index contributed by atoms with van der Waals surface area (Å²) in [5.41, 5.74) is 14.6. The second-order valence-corrected chi connectivity index (χ2v) is 12.2. The van der Waals surface area contributed by atoms with Gasteiger partial charge in [0.2, 0.25) is 0 Å². The molecule has 1 heteroatoms. The van der Waals surface area contributed by atoms with Crippen LogP contribution in [0.5, 0.6) is 0 Å². The summed E-state index contributed by atoms with van der Waals surface area (Å²) in [5.74, 6) is -0.200. The largest absolute Gasteiger partial charge is 0.207 e. The summed E-state index contributed by atoms with van der Waals surface area (Å²) in [4.78, 5) is 0. The van der Waals surface area contributed by atoms with Crippen LogP contribution in [0.4, 0.5) is 4.39 Å². The first-order valence-electron chi connectivity index (χ1n) is 17.9. The van der Waals surface area contributed by atoms with Crippen LogP contribution >= 0.6 is 0 Å². The van der Waals surface area contributed by atoms with E-state index in [0.717, 1.165) is 24.8 Å². The van der Waals surface area contributed by atoms with E-state index in [1.54, 1.807) is 0 Å². The fourth-order valence-electron chi connectivity index (χ4n) is 7.14. The van der Waals surface area contributed by atoms with E-state index in [0.29, 0.717) is 0 Å². The standard InChI is InChI=1S/C22H17F.C22H20.2C2H6/c1-15-18-7-3-2-4-9-20(18)22(16-11-13-17(23)14-12-16)21-10-6-5-8-19(15)21;1-15-11-13-17(14-12-15)22-20-9-5-3-7-18(20)16(2)19-8-4-6-10-21(19)22;2*1-2/h2-6,8-14H,7H2,1H3;3-5,7-9,11-14H,6,10H2,1-2H3;2*1-2H3. The lowest BCUT2D eigenvalue weighted by atomic mass is 9.82. The van der Waals surface area contributed by atoms with E-state index in [2.05, 4.69) is 130 Å². The molecule has 0 amide bonds. The molecule has 0 N–H and O–H groups in total. The van der Waals surface area contributed by atoms with Gasteiger partial charge in [-0.1, -0.05) is 155 Å². The summed E-state index contributed by atoms with van der Waals surface area (Å²) in [6, 6.07) is 33.1. The van der Waals surface area contributed by atoms with Gasteiger partial charge in [-0.2, -0.15) is 0 Å². The lowest BCUT2D eigenvalue weighted by molar-refractivity contribution is 0.628. The van der Waals surface area contributed by atoms with Gasteiger partial charge in [-0.25, -0.2) is 4.39 Å². The summed E-state index contributed by atoms with van der Waals surface area (Å²) in [5, 5.41) is 5.26. The zero-order valence-electron chi connectivity index (χ0n) is 30.2. The highest BCUT2D eigenvalue weighted by atomic mass is 19.1. The van der Waals surface area contributed by atoms with Gasteiger partial charge in [0.05, 0.1) is 0 Å². The third-order valence-corrected chi connectivity index (χ3v) is 9.43. The second-order valence-electron chi connectivity index (χ2n) is 12.2. The van der Waals surface area contributed by atoms with Crippen molar-refractivity contribution in [3.05, 3.63) is 166 Å². The van der Waals surface area contributed by atoms with E-state index >= 15 is 0 Å². The van der Waals surface area contributed by atoms with Gasteiger partial charge in [0.25, 0.3) is 0 Å². The SMILES string of the molecule is CC.CC.Cc1c2c(c(-c3ccc(F)cc3)c3ccccc13)C=CC=CC2.Cc1ccc(-c2c3c(c(C)c4ccccc24)C=CCC3)cc1. The fourth-order valence-corrected chi connectivity index (χ4v) is 7.14. The lowest BCUT2D eigenvalue weighted by Gasteiger charge is -2.22. The molecule has 0 heterocycles. The van der Waals surface area contributed by atoms with Gasteiger partial charge in [-0.3, -0.25) is 0 Å². The molecule has 49 heavy (non-hydrogen) atoms. The predicted octanol–water partition coefficient (Wildman–Crippen LogP) is 14.2. The molecule has 2 aliphatic carbocycles. The van der Waals surface area contributed by atoms with Gasteiger partial charge < -0.3 is 0 Å². The number of fused-ring (bicyclic) bond motifs is 4. The fraction of sp³-hybridized carbons (Fsp3) is 0.208. The van der Waals surface area contributed by atoms with Crippen molar-refractivity contribution in [2.45, 2.75) is 67.7 Å². The molecule has 0 radical (unpaired) electrons. The number of aryl methyl sites for hydroxylation is 3. The van der Waals surface area contributed by atoms with E-state index in [1.807, 2.05) is 39.8 Å². The average molecular weight is 645 g/mol. The van der Waals surface area contributed by atoms with E-state index in [4.69, 9.17) is 0 Å². The van der Waals surface area contributed by atoms with Gasteiger partial charge in [-0.05, 0) is 129 Å². The molecule has 0 bridgehead atoms. The molecule has 0 fully saturated rings. The average Bonchev–Trinajstić information content (AvgIpc) is 3.42. The highest BCUT2D eigenvalue weighted by molar-refractivity contribution is 6.04. The number of allylic oxidation sites excluding steroid dienone is 4. The normalized spacial score (nSPS) is 12.4. The highest BCUT2D eigenvalue weighted by Crippen LogP contribution is 2.41. The summed E-state index contributed by atoms with van der Waals surface area (Å²) in [6.45, 7) is 14.6. The molecule has 0 nitrogen and oxygen atoms in total. The number of halogens is 1. The Morgan fingerprint density at radius 1 is 0.490 bits per heavy atom. The van der Waals surface area contributed by atoms with Crippen molar-refractivity contribution in [1.82, 2.24) is 0 Å². The molecular weight excluding hydrogens is 596 g/mol. The Hall–Kier alpha value is -5.01. The minimum atomic E-state index is -0.200. The number of benzene rings is 6.